The Morgan fingerprint density at radius 3 is 2.39 bits per heavy atom. The number of urea groups is 1. The van der Waals surface area contributed by atoms with E-state index < -0.39 is 5.97 Å². The average molecular weight is 377 g/mol. The van der Waals surface area contributed by atoms with Crippen LogP contribution in [0.5, 0.6) is 0 Å². The van der Waals surface area contributed by atoms with Crippen LogP contribution in [0.15, 0.2) is 48.5 Å². The lowest BCUT2D eigenvalue weighted by atomic mass is 10.1. The number of benzene rings is 2. The Kier molecular flexibility index (Phi) is 5.92. The van der Waals surface area contributed by atoms with Crippen molar-refractivity contribution >= 4 is 23.6 Å². The molecule has 1 aliphatic rings. The first kappa shape index (κ1) is 19.0. The maximum atomic E-state index is 12.1. The van der Waals surface area contributed by atoms with Crippen molar-refractivity contribution < 1.29 is 19.1 Å². The third-order valence-electron chi connectivity index (χ3n) is 4.17. The van der Waals surface area contributed by atoms with E-state index in [1.165, 1.54) is 19.2 Å². The Morgan fingerprint density at radius 2 is 1.79 bits per heavy atom. The minimum atomic E-state index is -0.450. The summed E-state index contributed by atoms with van der Waals surface area (Å²) in [5.41, 5.74) is 2.43. The van der Waals surface area contributed by atoms with Crippen molar-refractivity contribution in [3.63, 3.8) is 0 Å². The molecule has 1 aliphatic heterocycles. The normalized spacial score (nSPS) is 12.6. The first-order valence-electron chi connectivity index (χ1n) is 8.69. The fourth-order valence-corrected chi connectivity index (χ4v) is 2.69. The van der Waals surface area contributed by atoms with Crippen LogP contribution in [0.3, 0.4) is 0 Å². The molecule has 3 amide bonds. The van der Waals surface area contributed by atoms with Gasteiger partial charge in [0.15, 0.2) is 0 Å². The molecular formula is C21H19N3O4. The molecule has 0 unspecified atom stereocenters. The molecular weight excluding hydrogens is 358 g/mol. The molecule has 0 saturated carbocycles. The Morgan fingerprint density at radius 1 is 1.11 bits per heavy atom. The summed E-state index contributed by atoms with van der Waals surface area (Å²) < 4.78 is 4.62. The van der Waals surface area contributed by atoms with E-state index in [0.717, 1.165) is 11.3 Å². The highest BCUT2D eigenvalue weighted by molar-refractivity contribution is 5.96. The van der Waals surface area contributed by atoms with Crippen LogP contribution in [-0.4, -0.2) is 44.7 Å². The molecule has 0 radical (unpaired) electrons. The molecule has 2 N–H and O–H groups in total. The highest BCUT2D eigenvalue weighted by Gasteiger charge is 2.20. The second-order valence-electron chi connectivity index (χ2n) is 5.98. The van der Waals surface area contributed by atoms with Crippen molar-refractivity contribution in [3.8, 4) is 11.8 Å². The lowest BCUT2D eigenvalue weighted by Crippen LogP contribution is -2.27. The lowest BCUT2D eigenvalue weighted by Gasteiger charge is -2.13. The van der Waals surface area contributed by atoms with Gasteiger partial charge in [0.1, 0.15) is 0 Å². The topological polar surface area (TPSA) is 87.7 Å². The summed E-state index contributed by atoms with van der Waals surface area (Å²) >= 11 is 0. The Labute approximate surface area is 162 Å². The molecule has 2 aromatic carbocycles. The summed E-state index contributed by atoms with van der Waals surface area (Å²) in [5.74, 6) is 5.13. The van der Waals surface area contributed by atoms with Gasteiger partial charge in [-0.15, -0.1) is 0 Å². The molecule has 1 fully saturated rings. The summed E-state index contributed by atoms with van der Waals surface area (Å²) in [6, 6.07) is 13.4. The van der Waals surface area contributed by atoms with Crippen LogP contribution < -0.4 is 15.5 Å². The van der Waals surface area contributed by atoms with Gasteiger partial charge in [-0.1, -0.05) is 11.8 Å². The number of esters is 1. The van der Waals surface area contributed by atoms with Crippen LogP contribution in [0, 0.1) is 11.8 Å². The maximum Gasteiger partial charge on any atom is 0.337 e. The summed E-state index contributed by atoms with van der Waals surface area (Å²) in [6.45, 7) is 1.48. The van der Waals surface area contributed by atoms with Crippen molar-refractivity contribution in [1.29, 1.82) is 0 Å². The largest absolute Gasteiger partial charge is 0.465 e. The molecule has 0 aliphatic carbocycles. The molecule has 0 atom stereocenters. The minimum absolute atomic E-state index is 0.0961. The molecule has 7 nitrogen and oxygen atoms in total. The van der Waals surface area contributed by atoms with Gasteiger partial charge in [-0.3, -0.25) is 9.69 Å². The summed E-state index contributed by atoms with van der Waals surface area (Å²) in [7, 11) is 1.30. The number of carbonyl (C=O) groups is 3. The van der Waals surface area contributed by atoms with Crippen LogP contribution in [-0.2, 0) is 4.74 Å². The zero-order valence-electron chi connectivity index (χ0n) is 15.3. The molecule has 1 heterocycles. The summed E-state index contributed by atoms with van der Waals surface area (Å²) in [6.07, 6.45) is 0. The molecule has 2 aromatic rings. The molecule has 0 spiro atoms. The predicted molar refractivity (Wildman–Crippen MR) is 104 cm³/mol. The van der Waals surface area contributed by atoms with Gasteiger partial charge in [0.2, 0.25) is 0 Å². The fourth-order valence-electron chi connectivity index (χ4n) is 2.69. The standard InChI is InChI=1S/C21H19N3O4/c1-28-20(26)17-8-6-16(7-9-17)19(25)22-12-2-3-15-4-10-18(11-5-15)24-14-13-23-21(24)27/h4-11H,12-14H2,1H3,(H,22,25)(H,23,27). The number of ether oxygens (including phenoxy) is 1. The van der Waals surface area contributed by atoms with Crippen molar-refractivity contribution in [2.75, 3.05) is 31.6 Å². The number of anilines is 1. The first-order valence-corrected chi connectivity index (χ1v) is 8.69. The second-order valence-corrected chi connectivity index (χ2v) is 5.98. The van der Waals surface area contributed by atoms with Gasteiger partial charge in [0.05, 0.1) is 19.2 Å². The van der Waals surface area contributed by atoms with Gasteiger partial charge in [-0.25, -0.2) is 9.59 Å². The van der Waals surface area contributed by atoms with Gasteiger partial charge in [-0.05, 0) is 48.5 Å². The maximum absolute atomic E-state index is 12.1. The number of hydrogen-bond donors (Lipinski definition) is 2. The molecule has 1 saturated heterocycles. The zero-order valence-corrected chi connectivity index (χ0v) is 15.3. The number of hydrogen-bond acceptors (Lipinski definition) is 4. The number of nitrogens with one attached hydrogen (secondary N) is 2. The molecule has 3 rings (SSSR count). The van der Waals surface area contributed by atoms with E-state index >= 15 is 0 Å². The van der Waals surface area contributed by atoms with Gasteiger partial charge in [0, 0.05) is 29.9 Å². The van der Waals surface area contributed by atoms with Crippen molar-refractivity contribution in [3.05, 3.63) is 65.2 Å². The molecule has 28 heavy (non-hydrogen) atoms. The van der Waals surface area contributed by atoms with Gasteiger partial charge < -0.3 is 15.4 Å². The van der Waals surface area contributed by atoms with Gasteiger partial charge in [0.25, 0.3) is 5.91 Å². The smallest absolute Gasteiger partial charge is 0.337 e. The highest BCUT2D eigenvalue weighted by Crippen LogP contribution is 2.16. The van der Waals surface area contributed by atoms with Gasteiger partial charge >= 0.3 is 12.0 Å². The second kappa shape index (κ2) is 8.73. The van der Waals surface area contributed by atoms with E-state index in [1.54, 1.807) is 17.0 Å². The number of rotatable bonds is 4. The lowest BCUT2D eigenvalue weighted by molar-refractivity contribution is 0.0600. The first-order chi connectivity index (χ1) is 13.6. The summed E-state index contributed by atoms with van der Waals surface area (Å²) in [4.78, 5) is 36.8. The van der Waals surface area contributed by atoms with E-state index in [-0.39, 0.29) is 18.5 Å². The number of methoxy groups -OCH3 is 1. The Bertz CT molecular complexity index is 940. The summed E-state index contributed by atoms with van der Waals surface area (Å²) in [5, 5.41) is 5.46. The Hall–Kier alpha value is -3.79. The Balaban J connectivity index is 1.52. The van der Waals surface area contributed by atoms with Crippen molar-refractivity contribution in [1.82, 2.24) is 10.6 Å². The zero-order chi connectivity index (χ0) is 19.9. The van der Waals surface area contributed by atoms with Crippen molar-refractivity contribution in [2.24, 2.45) is 0 Å². The third-order valence-corrected chi connectivity index (χ3v) is 4.17. The minimum Gasteiger partial charge on any atom is -0.465 e. The SMILES string of the molecule is COC(=O)c1ccc(C(=O)NCC#Cc2ccc(N3CCNC3=O)cc2)cc1. The van der Waals surface area contributed by atoms with E-state index in [1.807, 2.05) is 24.3 Å². The van der Waals surface area contributed by atoms with Crippen LogP contribution in [0.25, 0.3) is 0 Å². The van der Waals surface area contributed by atoms with E-state index in [9.17, 15) is 14.4 Å². The monoisotopic (exact) mass is 377 g/mol. The molecule has 0 bridgehead atoms. The van der Waals surface area contributed by atoms with Crippen LogP contribution in [0.2, 0.25) is 0 Å². The van der Waals surface area contributed by atoms with E-state index in [4.69, 9.17) is 0 Å². The molecule has 7 heteroatoms. The quantitative estimate of drug-likeness (QED) is 0.628. The third kappa shape index (κ3) is 4.48. The highest BCUT2D eigenvalue weighted by atomic mass is 16.5. The van der Waals surface area contributed by atoms with Gasteiger partial charge in [-0.2, -0.15) is 0 Å². The average Bonchev–Trinajstić information content (AvgIpc) is 3.17. The predicted octanol–water partition coefficient (Wildman–Crippen LogP) is 1.78. The van der Waals surface area contributed by atoms with E-state index in [2.05, 4.69) is 27.2 Å². The molecule has 142 valence electrons. The van der Waals surface area contributed by atoms with Crippen molar-refractivity contribution in [2.45, 2.75) is 0 Å². The van der Waals surface area contributed by atoms with Crippen LogP contribution in [0.1, 0.15) is 26.3 Å². The number of carbonyl (C=O) groups excluding carboxylic acids is 3. The fraction of sp³-hybridized carbons (Fsp3) is 0.190. The van der Waals surface area contributed by atoms with Crippen LogP contribution >= 0.6 is 0 Å². The van der Waals surface area contributed by atoms with E-state index in [0.29, 0.717) is 24.2 Å². The molecule has 0 aromatic heterocycles. The number of nitrogens with zero attached hydrogens (tertiary/aromatic N) is 1. The number of amides is 3. The van der Waals surface area contributed by atoms with Crippen LogP contribution in [0.4, 0.5) is 10.5 Å².